The molecule has 1 N–H and O–H groups in total. The molecule has 1 fully saturated rings. The molecule has 5 heteroatoms. The molecule has 140 valence electrons. The van der Waals surface area contributed by atoms with Gasteiger partial charge in [-0.2, -0.15) is 0 Å². The minimum absolute atomic E-state index is 0.0147. The number of rotatable bonds is 7. The molecule has 0 bridgehead atoms. The van der Waals surface area contributed by atoms with Crippen molar-refractivity contribution in [1.82, 2.24) is 4.90 Å². The number of anilines is 1. The van der Waals surface area contributed by atoms with Gasteiger partial charge in [0.1, 0.15) is 0 Å². The van der Waals surface area contributed by atoms with Crippen LogP contribution in [-0.4, -0.2) is 36.6 Å². The second-order valence-corrected chi connectivity index (χ2v) is 7.99. The van der Waals surface area contributed by atoms with E-state index in [0.29, 0.717) is 6.54 Å². The second kappa shape index (κ2) is 8.65. The molecule has 3 aromatic rings. The van der Waals surface area contributed by atoms with E-state index in [1.807, 2.05) is 30.3 Å². The van der Waals surface area contributed by atoms with Crippen molar-refractivity contribution in [2.45, 2.75) is 25.5 Å². The van der Waals surface area contributed by atoms with Gasteiger partial charge in [0, 0.05) is 35.6 Å². The van der Waals surface area contributed by atoms with Crippen LogP contribution < -0.4 is 5.32 Å². The highest BCUT2D eigenvalue weighted by molar-refractivity contribution is 7.09. The van der Waals surface area contributed by atoms with Crippen molar-refractivity contribution in [2.24, 2.45) is 0 Å². The highest BCUT2D eigenvalue weighted by Crippen LogP contribution is 2.23. The smallest absolute Gasteiger partial charge is 0.238 e. The van der Waals surface area contributed by atoms with Gasteiger partial charge in [-0.05, 0) is 35.7 Å². The van der Waals surface area contributed by atoms with Crippen molar-refractivity contribution >= 4 is 33.7 Å². The Hall–Kier alpha value is -2.21. The predicted molar refractivity (Wildman–Crippen MR) is 111 cm³/mol. The lowest BCUT2D eigenvalue weighted by Crippen LogP contribution is -2.37. The molecule has 4 nitrogen and oxygen atoms in total. The average Bonchev–Trinajstić information content (AvgIpc) is 3.36. The summed E-state index contributed by atoms with van der Waals surface area (Å²) in [6.45, 7) is 2.77. The van der Waals surface area contributed by atoms with Gasteiger partial charge in [-0.25, -0.2) is 0 Å². The van der Waals surface area contributed by atoms with Gasteiger partial charge in [-0.15, -0.1) is 11.3 Å². The Kier molecular flexibility index (Phi) is 5.82. The van der Waals surface area contributed by atoms with E-state index < -0.39 is 0 Å². The van der Waals surface area contributed by atoms with Gasteiger partial charge in [-0.3, -0.25) is 9.69 Å². The molecule has 0 saturated carbocycles. The first-order valence-electron chi connectivity index (χ1n) is 9.42. The lowest BCUT2D eigenvalue weighted by atomic mass is 10.1. The summed E-state index contributed by atoms with van der Waals surface area (Å²) in [7, 11) is 0. The minimum Gasteiger partial charge on any atom is -0.377 e. The Bertz CT molecular complexity index is 883. The molecule has 1 atom stereocenters. The molecule has 1 saturated heterocycles. The molecule has 2 aromatic carbocycles. The highest BCUT2D eigenvalue weighted by atomic mass is 32.1. The summed E-state index contributed by atoms with van der Waals surface area (Å²) >= 11 is 1.73. The number of carbonyl (C=O) groups excluding carboxylic acids is 1. The van der Waals surface area contributed by atoms with E-state index in [-0.39, 0.29) is 12.0 Å². The molecule has 1 aromatic heterocycles. The lowest BCUT2D eigenvalue weighted by molar-refractivity contribution is -0.117. The number of benzene rings is 2. The Morgan fingerprint density at radius 3 is 2.85 bits per heavy atom. The number of amides is 1. The molecule has 0 radical (unpaired) electrons. The van der Waals surface area contributed by atoms with Crippen molar-refractivity contribution in [3.63, 3.8) is 0 Å². The standard InChI is InChI=1S/C22H24N2O2S/c25-22(23-21-11-3-7-17-6-1-2-10-20(17)21)16-24(14-18-8-4-12-26-18)15-19-9-5-13-27-19/h1-3,5-7,9-11,13,18H,4,8,12,14-16H2,(H,23,25). The van der Waals surface area contributed by atoms with Gasteiger partial charge >= 0.3 is 0 Å². The summed E-state index contributed by atoms with van der Waals surface area (Å²) < 4.78 is 5.79. The summed E-state index contributed by atoms with van der Waals surface area (Å²) in [4.78, 5) is 16.2. The maximum atomic E-state index is 12.8. The monoisotopic (exact) mass is 380 g/mol. The second-order valence-electron chi connectivity index (χ2n) is 6.96. The molecule has 0 spiro atoms. The number of carbonyl (C=O) groups is 1. The van der Waals surface area contributed by atoms with Crippen molar-refractivity contribution in [1.29, 1.82) is 0 Å². The van der Waals surface area contributed by atoms with Gasteiger partial charge in [0.05, 0.1) is 12.6 Å². The van der Waals surface area contributed by atoms with E-state index in [1.54, 1.807) is 11.3 Å². The Labute approximate surface area is 163 Å². The molecule has 2 heterocycles. The fourth-order valence-electron chi connectivity index (χ4n) is 3.61. The van der Waals surface area contributed by atoms with Crippen LogP contribution in [0.15, 0.2) is 60.0 Å². The number of ether oxygens (including phenoxy) is 1. The Morgan fingerprint density at radius 1 is 1.15 bits per heavy atom. The first kappa shape index (κ1) is 18.2. The van der Waals surface area contributed by atoms with Gasteiger partial charge in [0.15, 0.2) is 0 Å². The van der Waals surface area contributed by atoms with Crippen molar-refractivity contribution in [3.05, 3.63) is 64.9 Å². The fraction of sp³-hybridized carbons (Fsp3) is 0.318. The van der Waals surface area contributed by atoms with Crippen LogP contribution >= 0.6 is 11.3 Å². The summed E-state index contributed by atoms with van der Waals surface area (Å²) in [5.74, 6) is 0.0147. The van der Waals surface area contributed by atoms with Crippen LogP contribution in [0.1, 0.15) is 17.7 Å². The number of hydrogen-bond donors (Lipinski definition) is 1. The van der Waals surface area contributed by atoms with Crippen LogP contribution in [-0.2, 0) is 16.1 Å². The Morgan fingerprint density at radius 2 is 2.04 bits per heavy atom. The topological polar surface area (TPSA) is 41.6 Å². The SMILES string of the molecule is O=C(CN(Cc1cccs1)CC1CCCO1)Nc1cccc2ccccc12. The lowest BCUT2D eigenvalue weighted by Gasteiger charge is -2.24. The molecule has 4 rings (SSSR count). The number of fused-ring (bicyclic) bond motifs is 1. The maximum absolute atomic E-state index is 12.8. The van der Waals surface area contributed by atoms with E-state index in [4.69, 9.17) is 4.74 Å². The number of nitrogens with zero attached hydrogens (tertiary/aromatic N) is 1. The summed E-state index contributed by atoms with van der Waals surface area (Å²) in [5, 5.41) is 7.38. The molecular weight excluding hydrogens is 356 g/mol. The third kappa shape index (κ3) is 4.75. The summed E-state index contributed by atoms with van der Waals surface area (Å²) in [6, 6.07) is 18.3. The number of nitrogens with one attached hydrogen (secondary N) is 1. The summed E-state index contributed by atoms with van der Waals surface area (Å²) in [6.07, 6.45) is 2.42. The summed E-state index contributed by atoms with van der Waals surface area (Å²) in [5.41, 5.74) is 0.867. The first-order valence-corrected chi connectivity index (χ1v) is 10.3. The average molecular weight is 381 g/mol. The first-order chi connectivity index (χ1) is 13.3. The molecule has 0 aliphatic carbocycles. The zero-order valence-electron chi connectivity index (χ0n) is 15.3. The van der Waals surface area contributed by atoms with Gasteiger partial charge in [0.25, 0.3) is 0 Å². The Balaban J connectivity index is 1.45. The highest BCUT2D eigenvalue weighted by Gasteiger charge is 2.21. The van der Waals surface area contributed by atoms with Crippen LogP contribution in [0.4, 0.5) is 5.69 Å². The number of thiophene rings is 1. The molecule has 27 heavy (non-hydrogen) atoms. The normalized spacial score (nSPS) is 16.9. The van der Waals surface area contributed by atoms with Gasteiger partial charge < -0.3 is 10.1 Å². The quantitative estimate of drug-likeness (QED) is 0.655. The van der Waals surface area contributed by atoms with Crippen molar-refractivity contribution in [2.75, 3.05) is 25.0 Å². The molecular formula is C22H24N2O2S. The van der Waals surface area contributed by atoms with Crippen LogP contribution in [0.5, 0.6) is 0 Å². The van der Waals surface area contributed by atoms with E-state index >= 15 is 0 Å². The fourth-order valence-corrected chi connectivity index (χ4v) is 4.36. The third-order valence-electron chi connectivity index (χ3n) is 4.88. The molecule has 1 unspecified atom stereocenters. The van der Waals surface area contributed by atoms with Crippen LogP contribution in [0, 0.1) is 0 Å². The van der Waals surface area contributed by atoms with Crippen molar-refractivity contribution in [3.8, 4) is 0 Å². The molecule has 1 aliphatic heterocycles. The van der Waals surface area contributed by atoms with Crippen LogP contribution in [0.2, 0.25) is 0 Å². The largest absolute Gasteiger partial charge is 0.377 e. The molecule has 1 aliphatic rings. The molecule has 1 amide bonds. The van der Waals surface area contributed by atoms with Crippen molar-refractivity contribution < 1.29 is 9.53 Å². The van der Waals surface area contributed by atoms with E-state index in [1.165, 1.54) is 4.88 Å². The van der Waals surface area contributed by atoms with Crippen LogP contribution in [0.25, 0.3) is 10.8 Å². The minimum atomic E-state index is 0.0147. The predicted octanol–water partition coefficient (Wildman–Crippen LogP) is 4.52. The van der Waals surface area contributed by atoms with E-state index in [0.717, 1.165) is 49.0 Å². The van der Waals surface area contributed by atoms with Gasteiger partial charge in [-0.1, -0.05) is 42.5 Å². The maximum Gasteiger partial charge on any atom is 0.238 e. The zero-order chi connectivity index (χ0) is 18.5. The van der Waals surface area contributed by atoms with Crippen LogP contribution in [0.3, 0.4) is 0 Å². The number of hydrogen-bond acceptors (Lipinski definition) is 4. The third-order valence-corrected chi connectivity index (χ3v) is 5.74. The van der Waals surface area contributed by atoms with E-state index in [2.05, 4.69) is 39.9 Å². The van der Waals surface area contributed by atoms with E-state index in [9.17, 15) is 4.79 Å². The zero-order valence-corrected chi connectivity index (χ0v) is 16.1. The van der Waals surface area contributed by atoms with Gasteiger partial charge in [0.2, 0.25) is 5.91 Å².